The molecule has 154 valence electrons. The summed E-state index contributed by atoms with van der Waals surface area (Å²) in [6, 6.07) is 8.56. The first-order valence-corrected chi connectivity index (χ1v) is 10.7. The normalized spacial score (nSPS) is 13.1. The molecule has 0 aliphatic heterocycles. The van der Waals surface area contributed by atoms with E-state index in [1.165, 1.54) is 26.2 Å². The molecule has 7 nitrogen and oxygen atoms in total. The fourth-order valence-electron chi connectivity index (χ4n) is 3.20. The van der Waals surface area contributed by atoms with Gasteiger partial charge in [-0.05, 0) is 49.6 Å². The van der Waals surface area contributed by atoms with Crippen LogP contribution in [0.1, 0.15) is 37.6 Å². The first-order valence-electron chi connectivity index (χ1n) is 9.20. The molecule has 29 heavy (non-hydrogen) atoms. The molecule has 0 fully saturated rings. The van der Waals surface area contributed by atoms with Crippen molar-refractivity contribution in [3.63, 3.8) is 0 Å². The van der Waals surface area contributed by atoms with Gasteiger partial charge in [-0.3, -0.25) is 9.59 Å². The number of methoxy groups -OCH3 is 1. The fourth-order valence-corrected chi connectivity index (χ4v) is 4.43. The molecule has 3 aromatic rings. The van der Waals surface area contributed by atoms with E-state index in [0.717, 1.165) is 0 Å². The monoisotopic (exact) mass is 417 g/mol. The highest BCUT2D eigenvalue weighted by molar-refractivity contribution is 7.89. The number of fused-ring (bicyclic) bond motifs is 3. The van der Waals surface area contributed by atoms with Crippen LogP contribution in [0.4, 0.5) is 0 Å². The Bertz CT molecular complexity index is 1190. The Morgan fingerprint density at radius 1 is 1.07 bits per heavy atom. The lowest BCUT2D eigenvalue weighted by Gasteiger charge is -2.18. The van der Waals surface area contributed by atoms with Crippen molar-refractivity contribution in [1.82, 2.24) is 4.72 Å². The van der Waals surface area contributed by atoms with Gasteiger partial charge >= 0.3 is 5.97 Å². The molecule has 0 saturated heterocycles. The van der Waals surface area contributed by atoms with Crippen LogP contribution in [0.2, 0.25) is 0 Å². The number of ketones is 1. The Morgan fingerprint density at radius 2 is 1.79 bits per heavy atom. The number of sulfonamides is 1. The van der Waals surface area contributed by atoms with Gasteiger partial charge < -0.3 is 9.15 Å². The number of ether oxygens (including phenoxy) is 1. The van der Waals surface area contributed by atoms with Crippen molar-refractivity contribution in [2.24, 2.45) is 5.92 Å². The number of carbonyl (C=O) groups is 2. The predicted molar refractivity (Wildman–Crippen MR) is 109 cm³/mol. The van der Waals surface area contributed by atoms with Gasteiger partial charge in [0.05, 0.1) is 12.0 Å². The summed E-state index contributed by atoms with van der Waals surface area (Å²) >= 11 is 0. The van der Waals surface area contributed by atoms with Crippen LogP contribution in [0, 0.1) is 5.92 Å². The molecule has 0 aliphatic rings. The molecule has 0 spiro atoms. The average Bonchev–Trinajstić information content (AvgIpc) is 3.03. The SMILES string of the molecule is COC(=O)C(CC(C)C)NS(=O)(=O)c1ccc2oc3cc(C(C)=O)ccc3c2c1. The predicted octanol–water partition coefficient (Wildman–Crippen LogP) is 3.65. The van der Waals surface area contributed by atoms with E-state index < -0.39 is 22.0 Å². The van der Waals surface area contributed by atoms with Gasteiger partial charge in [-0.25, -0.2) is 8.42 Å². The number of carbonyl (C=O) groups excluding carboxylic acids is 2. The summed E-state index contributed by atoms with van der Waals surface area (Å²) in [5, 5.41) is 1.31. The number of hydrogen-bond acceptors (Lipinski definition) is 6. The standard InChI is InChI=1S/C21H23NO6S/c1-12(2)9-18(21(24)27-4)22-29(25,26)15-6-8-19-17(11-15)16-7-5-14(13(3)23)10-20(16)28-19/h5-8,10-12,18,22H,9H2,1-4H3. The summed E-state index contributed by atoms with van der Waals surface area (Å²) < 4.78 is 38.7. The van der Waals surface area contributed by atoms with E-state index in [1.807, 2.05) is 13.8 Å². The Hall–Kier alpha value is -2.71. The largest absolute Gasteiger partial charge is 0.468 e. The lowest BCUT2D eigenvalue weighted by Crippen LogP contribution is -2.42. The topological polar surface area (TPSA) is 103 Å². The summed E-state index contributed by atoms with van der Waals surface area (Å²) in [4.78, 5) is 23.6. The third-order valence-electron chi connectivity index (χ3n) is 4.65. The second-order valence-corrected chi connectivity index (χ2v) is 9.07. The molecule has 1 atom stereocenters. The van der Waals surface area contributed by atoms with Crippen molar-refractivity contribution in [2.75, 3.05) is 7.11 Å². The van der Waals surface area contributed by atoms with Crippen LogP contribution in [0.25, 0.3) is 21.9 Å². The third kappa shape index (κ3) is 4.33. The number of furan rings is 1. The zero-order valence-corrected chi connectivity index (χ0v) is 17.5. The molecule has 1 unspecified atom stereocenters. The molecule has 1 heterocycles. The molecule has 0 bridgehead atoms. The first-order chi connectivity index (χ1) is 13.6. The second-order valence-electron chi connectivity index (χ2n) is 7.35. The van der Waals surface area contributed by atoms with Crippen molar-refractivity contribution in [1.29, 1.82) is 0 Å². The quantitative estimate of drug-likeness (QED) is 0.465. The fraction of sp³-hybridized carbons (Fsp3) is 0.333. The van der Waals surface area contributed by atoms with Crippen molar-refractivity contribution in [3.05, 3.63) is 42.0 Å². The van der Waals surface area contributed by atoms with Gasteiger partial charge in [0.15, 0.2) is 5.78 Å². The van der Waals surface area contributed by atoms with E-state index in [4.69, 9.17) is 9.15 Å². The number of rotatable bonds is 7. The maximum Gasteiger partial charge on any atom is 0.323 e. The summed E-state index contributed by atoms with van der Waals surface area (Å²) in [5.41, 5.74) is 1.52. The molecular formula is C21H23NO6S. The Balaban J connectivity index is 2.02. The highest BCUT2D eigenvalue weighted by Gasteiger charge is 2.27. The van der Waals surface area contributed by atoms with Gasteiger partial charge in [-0.15, -0.1) is 0 Å². The molecule has 0 aliphatic carbocycles. The van der Waals surface area contributed by atoms with Crippen molar-refractivity contribution >= 4 is 43.7 Å². The van der Waals surface area contributed by atoms with Gasteiger partial charge in [0.1, 0.15) is 17.2 Å². The molecule has 3 rings (SSSR count). The van der Waals surface area contributed by atoms with Crippen LogP contribution in [0.3, 0.4) is 0 Å². The molecule has 0 radical (unpaired) electrons. The highest BCUT2D eigenvalue weighted by Crippen LogP contribution is 2.31. The minimum absolute atomic E-state index is 0.0148. The Morgan fingerprint density at radius 3 is 2.41 bits per heavy atom. The maximum atomic E-state index is 12.9. The van der Waals surface area contributed by atoms with E-state index in [-0.39, 0.29) is 16.6 Å². The van der Waals surface area contributed by atoms with Crippen molar-refractivity contribution in [2.45, 2.75) is 38.1 Å². The molecule has 0 amide bonds. The molecule has 2 aromatic carbocycles. The van der Waals surface area contributed by atoms with Gasteiger partial charge in [0.2, 0.25) is 10.0 Å². The van der Waals surface area contributed by atoms with E-state index >= 15 is 0 Å². The Labute approximate surface area is 169 Å². The molecule has 1 aromatic heterocycles. The molecule has 0 saturated carbocycles. The van der Waals surface area contributed by atoms with Crippen LogP contribution in [-0.2, 0) is 19.6 Å². The van der Waals surface area contributed by atoms with Gasteiger partial charge in [-0.2, -0.15) is 4.72 Å². The van der Waals surface area contributed by atoms with E-state index in [1.54, 1.807) is 24.3 Å². The highest BCUT2D eigenvalue weighted by atomic mass is 32.2. The smallest absolute Gasteiger partial charge is 0.323 e. The van der Waals surface area contributed by atoms with Crippen LogP contribution in [0.5, 0.6) is 0 Å². The lowest BCUT2D eigenvalue weighted by molar-refractivity contribution is -0.143. The third-order valence-corrected chi connectivity index (χ3v) is 6.12. The second kappa shape index (κ2) is 7.96. The minimum atomic E-state index is -3.97. The summed E-state index contributed by atoms with van der Waals surface area (Å²) in [7, 11) is -2.74. The number of esters is 1. The maximum absolute atomic E-state index is 12.9. The van der Waals surface area contributed by atoms with Crippen LogP contribution >= 0.6 is 0 Å². The summed E-state index contributed by atoms with van der Waals surface area (Å²) in [6.45, 7) is 5.25. The molecule has 8 heteroatoms. The van der Waals surface area contributed by atoms with E-state index in [2.05, 4.69) is 4.72 Å². The lowest BCUT2D eigenvalue weighted by atomic mass is 10.1. The van der Waals surface area contributed by atoms with Crippen LogP contribution in [0.15, 0.2) is 45.7 Å². The van der Waals surface area contributed by atoms with Crippen molar-refractivity contribution in [3.8, 4) is 0 Å². The molecule has 1 N–H and O–H groups in total. The summed E-state index contributed by atoms with van der Waals surface area (Å²) in [5.74, 6) is -0.620. The zero-order valence-electron chi connectivity index (χ0n) is 16.7. The van der Waals surface area contributed by atoms with Gasteiger partial charge in [0, 0.05) is 16.3 Å². The number of benzene rings is 2. The first kappa shape index (κ1) is 21.0. The van der Waals surface area contributed by atoms with Crippen molar-refractivity contribution < 1.29 is 27.2 Å². The van der Waals surface area contributed by atoms with E-state index in [0.29, 0.717) is 33.9 Å². The van der Waals surface area contributed by atoms with Crippen LogP contribution in [-0.4, -0.2) is 33.3 Å². The minimum Gasteiger partial charge on any atom is -0.468 e. The number of hydrogen-bond donors (Lipinski definition) is 1. The van der Waals surface area contributed by atoms with Gasteiger partial charge in [-0.1, -0.05) is 19.9 Å². The van der Waals surface area contributed by atoms with Crippen LogP contribution < -0.4 is 4.72 Å². The number of Topliss-reactive ketones (excluding diaryl/α,β-unsaturated/α-hetero) is 1. The zero-order chi connectivity index (χ0) is 21.3. The number of nitrogens with one attached hydrogen (secondary N) is 1. The van der Waals surface area contributed by atoms with E-state index in [9.17, 15) is 18.0 Å². The summed E-state index contributed by atoms with van der Waals surface area (Å²) in [6.07, 6.45) is 0.316. The molecular weight excluding hydrogens is 394 g/mol. The average molecular weight is 417 g/mol. The van der Waals surface area contributed by atoms with Gasteiger partial charge in [0.25, 0.3) is 0 Å². The Kier molecular flexibility index (Phi) is 5.77.